The van der Waals surface area contributed by atoms with Crippen molar-refractivity contribution in [2.24, 2.45) is 5.92 Å². The maximum atomic E-state index is 12.1. The SMILES string of the molecule is O=C(Cc1ccc(Oc2ccnc(NC(=O)C3CCC3)c2)cc1)Cc1nccs1. The minimum absolute atomic E-state index is 0.0210. The Balaban J connectivity index is 1.33. The lowest BCUT2D eigenvalue weighted by Gasteiger charge is -2.23. The summed E-state index contributed by atoms with van der Waals surface area (Å²) in [4.78, 5) is 32.5. The molecule has 0 atom stereocenters. The van der Waals surface area contributed by atoms with E-state index in [0.717, 1.165) is 29.8 Å². The molecule has 0 aliphatic heterocycles. The van der Waals surface area contributed by atoms with Gasteiger partial charge >= 0.3 is 0 Å². The van der Waals surface area contributed by atoms with E-state index in [1.165, 1.54) is 11.3 Å². The fourth-order valence-electron chi connectivity index (χ4n) is 3.05. The van der Waals surface area contributed by atoms with E-state index in [1.54, 1.807) is 24.5 Å². The number of anilines is 1. The van der Waals surface area contributed by atoms with Crippen LogP contribution in [0.3, 0.4) is 0 Å². The quantitative estimate of drug-likeness (QED) is 0.598. The third-order valence-electron chi connectivity index (χ3n) is 4.85. The first-order chi connectivity index (χ1) is 14.2. The predicted octanol–water partition coefficient (Wildman–Crippen LogP) is 4.42. The van der Waals surface area contributed by atoms with Crippen LogP contribution >= 0.6 is 11.3 Å². The van der Waals surface area contributed by atoms with Crippen molar-refractivity contribution in [1.82, 2.24) is 9.97 Å². The van der Waals surface area contributed by atoms with Gasteiger partial charge in [-0.25, -0.2) is 9.97 Å². The largest absolute Gasteiger partial charge is 0.457 e. The Morgan fingerprint density at radius 2 is 1.86 bits per heavy atom. The molecule has 0 spiro atoms. The first-order valence-corrected chi connectivity index (χ1v) is 10.5. The number of nitrogens with zero attached hydrogens (tertiary/aromatic N) is 2. The Hall–Kier alpha value is -3.06. The second-order valence-electron chi connectivity index (χ2n) is 7.06. The van der Waals surface area contributed by atoms with Crippen molar-refractivity contribution >= 4 is 28.8 Å². The summed E-state index contributed by atoms with van der Waals surface area (Å²) in [5.74, 6) is 2.00. The third kappa shape index (κ3) is 5.26. The number of rotatable bonds is 8. The standard InChI is InChI=1S/C22H21N3O3S/c26-17(13-21-24-10-11-29-21)12-15-4-6-18(7-5-15)28-19-8-9-23-20(14-19)25-22(27)16-2-1-3-16/h4-11,14,16H,1-3,12-13H2,(H,23,25,27). The van der Waals surface area contributed by atoms with Gasteiger partial charge in [0.2, 0.25) is 5.91 Å². The molecule has 0 bridgehead atoms. The molecule has 0 saturated heterocycles. The molecule has 148 valence electrons. The van der Waals surface area contributed by atoms with Crippen LogP contribution in [0.25, 0.3) is 0 Å². The number of pyridine rings is 1. The van der Waals surface area contributed by atoms with Crippen molar-refractivity contribution in [2.75, 3.05) is 5.32 Å². The maximum Gasteiger partial charge on any atom is 0.228 e. The Morgan fingerprint density at radius 3 is 2.55 bits per heavy atom. The summed E-state index contributed by atoms with van der Waals surface area (Å²) in [5.41, 5.74) is 0.932. The van der Waals surface area contributed by atoms with E-state index in [0.29, 0.717) is 30.2 Å². The highest BCUT2D eigenvalue weighted by atomic mass is 32.1. The van der Waals surface area contributed by atoms with Gasteiger partial charge in [0.1, 0.15) is 23.1 Å². The molecule has 0 unspecified atom stereocenters. The van der Waals surface area contributed by atoms with Crippen LogP contribution < -0.4 is 10.1 Å². The summed E-state index contributed by atoms with van der Waals surface area (Å²) in [7, 11) is 0. The monoisotopic (exact) mass is 407 g/mol. The van der Waals surface area contributed by atoms with Crippen LogP contribution in [0.2, 0.25) is 0 Å². The molecule has 6 nitrogen and oxygen atoms in total. The molecule has 1 aromatic carbocycles. The number of carbonyl (C=O) groups excluding carboxylic acids is 2. The molecule has 1 amide bonds. The molecule has 2 aromatic heterocycles. The first kappa shape index (κ1) is 19.3. The summed E-state index contributed by atoms with van der Waals surface area (Å²) in [6, 6.07) is 10.9. The van der Waals surface area contributed by atoms with E-state index >= 15 is 0 Å². The highest BCUT2D eigenvalue weighted by molar-refractivity contribution is 7.09. The van der Waals surface area contributed by atoms with E-state index in [-0.39, 0.29) is 17.6 Å². The van der Waals surface area contributed by atoms with E-state index < -0.39 is 0 Å². The van der Waals surface area contributed by atoms with Crippen LogP contribution in [-0.2, 0) is 22.4 Å². The van der Waals surface area contributed by atoms with Crippen LogP contribution in [0.1, 0.15) is 29.8 Å². The minimum atomic E-state index is 0.0210. The number of hydrogen-bond donors (Lipinski definition) is 1. The summed E-state index contributed by atoms with van der Waals surface area (Å²) in [5, 5.41) is 5.56. The number of Topliss-reactive ketones (excluding diaryl/α,β-unsaturated/α-hetero) is 1. The second kappa shape index (κ2) is 8.96. The number of ether oxygens (including phenoxy) is 1. The smallest absolute Gasteiger partial charge is 0.228 e. The topological polar surface area (TPSA) is 81.2 Å². The van der Waals surface area contributed by atoms with Gasteiger partial charge in [-0.05, 0) is 36.6 Å². The Morgan fingerprint density at radius 1 is 1.03 bits per heavy atom. The lowest BCUT2D eigenvalue weighted by Crippen LogP contribution is -2.28. The fraction of sp³-hybridized carbons (Fsp3) is 0.273. The van der Waals surface area contributed by atoms with Gasteiger partial charge in [-0.3, -0.25) is 9.59 Å². The summed E-state index contributed by atoms with van der Waals surface area (Å²) in [6.07, 6.45) is 7.05. The molecule has 1 saturated carbocycles. The van der Waals surface area contributed by atoms with Crippen LogP contribution in [-0.4, -0.2) is 21.7 Å². The van der Waals surface area contributed by atoms with Crippen molar-refractivity contribution < 1.29 is 14.3 Å². The number of hydrogen-bond acceptors (Lipinski definition) is 6. The Bertz CT molecular complexity index is 983. The van der Waals surface area contributed by atoms with Crippen LogP contribution in [0.15, 0.2) is 54.2 Å². The van der Waals surface area contributed by atoms with Gasteiger partial charge in [0.05, 0.1) is 11.4 Å². The summed E-state index contributed by atoms with van der Waals surface area (Å²) < 4.78 is 5.86. The van der Waals surface area contributed by atoms with Crippen molar-refractivity contribution in [2.45, 2.75) is 32.1 Å². The first-order valence-electron chi connectivity index (χ1n) is 9.59. The number of ketones is 1. The Kier molecular flexibility index (Phi) is 5.95. The van der Waals surface area contributed by atoms with Gasteiger partial charge in [-0.15, -0.1) is 11.3 Å². The molecular formula is C22H21N3O3S. The lowest BCUT2D eigenvalue weighted by atomic mass is 9.85. The zero-order valence-electron chi connectivity index (χ0n) is 15.8. The highest BCUT2D eigenvalue weighted by Crippen LogP contribution is 2.28. The zero-order chi connectivity index (χ0) is 20.1. The molecule has 1 N–H and O–H groups in total. The van der Waals surface area contributed by atoms with E-state index in [4.69, 9.17) is 4.74 Å². The predicted molar refractivity (Wildman–Crippen MR) is 111 cm³/mol. The van der Waals surface area contributed by atoms with Gasteiger partial charge in [0.25, 0.3) is 0 Å². The number of benzene rings is 1. The number of thiazole rings is 1. The number of carbonyl (C=O) groups is 2. The van der Waals surface area contributed by atoms with Crippen molar-refractivity contribution in [3.63, 3.8) is 0 Å². The molecule has 29 heavy (non-hydrogen) atoms. The molecule has 0 radical (unpaired) electrons. The molecule has 1 aliphatic carbocycles. The average molecular weight is 407 g/mol. The number of aromatic nitrogens is 2. The second-order valence-corrected chi connectivity index (χ2v) is 8.04. The molecule has 4 rings (SSSR count). The maximum absolute atomic E-state index is 12.1. The normalized spacial score (nSPS) is 13.5. The van der Waals surface area contributed by atoms with Gasteiger partial charge < -0.3 is 10.1 Å². The third-order valence-corrected chi connectivity index (χ3v) is 5.63. The van der Waals surface area contributed by atoms with Crippen LogP contribution in [0.4, 0.5) is 5.82 Å². The Labute approximate surface area is 173 Å². The molecule has 2 heterocycles. The van der Waals surface area contributed by atoms with Crippen molar-refractivity contribution in [3.8, 4) is 11.5 Å². The van der Waals surface area contributed by atoms with Gasteiger partial charge in [0.15, 0.2) is 0 Å². The number of amides is 1. The van der Waals surface area contributed by atoms with E-state index in [9.17, 15) is 9.59 Å². The van der Waals surface area contributed by atoms with Gasteiger partial charge in [-0.2, -0.15) is 0 Å². The summed E-state index contributed by atoms with van der Waals surface area (Å²) in [6.45, 7) is 0. The van der Waals surface area contributed by atoms with Gasteiger partial charge in [0, 0.05) is 36.2 Å². The van der Waals surface area contributed by atoms with E-state index in [1.807, 2.05) is 29.6 Å². The average Bonchev–Trinajstić information content (AvgIpc) is 3.15. The fourth-order valence-corrected chi connectivity index (χ4v) is 3.70. The van der Waals surface area contributed by atoms with Crippen LogP contribution in [0, 0.1) is 5.92 Å². The van der Waals surface area contributed by atoms with Crippen molar-refractivity contribution in [1.29, 1.82) is 0 Å². The molecule has 3 aromatic rings. The molecule has 7 heteroatoms. The highest BCUT2D eigenvalue weighted by Gasteiger charge is 2.25. The molecular weight excluding hydrogens is 386 g/mol. The van der Waals surface area contributed by atoms with Crippen molar-refractivity contribution in [3.05, 3.63) is 64.7 Å². The van der Waals surface area contributed by atoms with Crippen LogP contribution in [0.5, 0.6) is 11.5 Å². The minimum Gasteiger partial charge on any atom is -0.457 e. The molecule has 1 fully saturated rings. The summed E-state index contributed by atoms with van der Waals surface area (Å²) >= 11 is 1.49. The lowest BCUT2D eigenvalue weighted by molar-refractivity contribution is -0.122. The van der Waals surface area contributed by atoms with E-state index in [2.05, 4.69) is 15.3 Å². The number of nitrogens with one attached hydrogen (secondary N) is 1. The zero-order valence-corrected chi connectivity index (χ0v) is 16.7. The molecule has 1 aliphatic rings. The van der Waals surface area contributed by atoms with Gasteiger partial charge in [-0.1, -0.05) is 18.6 Å².